The van der Waals surface area contributed by atoms with E-state index in [9.17, 15) is 4.79 Å². The summed E-state index contributed by atoms with van der Waals surface area (Å²) in [6, 6.07) is 8.96. The summed E-state index contributed by atoms with van der Waals surface area (Å²) in [5.74, 6) is 2.27. The fourth-order valence-electron chi connectivity index (χ4n) is 3.00. The normalized spacial score (nSPS) is 13.9. The second kappa shape index (κ2) is 9.76. The van der Waals surface area contributed by atoms with Crippen LogP contribution in [0.25, 0.3) is 0 Å². The number of benzene rings is 2. The van der Waals surface area contributed by atoms with Crippen LogP contribution < -0.4 is 18.9 Å². The summed E-state index contributed by atoms with van der Waals surface area (Å²) >= 11 is 3.48. The average Bonchev–Trinajstić information content (AvgIpc) is 2.75. The molecular weight excluding hydrogens is 442 g/mol. The van der Waals surface area contributed by atoms with Gasteiger partial charge in [-0.05, 0) is 45.8 Å². The van der Waals surface area contributed by atoms with E-state index in [1.807, 2.05) is 6.07 Å². The number of rotatable bonds is 8. The van der Waals surface area contributed by atoms with E-state index in [1.54, 1.807) is 44.7 Å². The zero-order valence-corrected chi connectivity index (χ0v) is 18.0. The molecule has 2 aromatic rings. The lowest BCUT2D eigenvalue weighted by molar-refractivity contribution is -0.127. The number of halogens is 1. The molecule has 0 aliphatic carbocycles. The molecule has 0 saturated carbocycles. The van der Waals surface area contributed by atoms with Gasteiger partial charge < -0.3 is 23.7 Å². The maximum atomic E-state index is 12.7. The number of aliphatic imine (C=N–C) groups is 1. The van der Waals surface area contributed by atoms with Gasteiger partial charge in [-0.2, -0.15) is 0 Å². The number of ether oxygens (including phenoxy) is 5. The van der Waals surface area contributed by atoms with Gasteiger partial charge in [-0.25, -0.2) is 0 Å². The van der Waals surface area contributed by atoms with Gasteiger partial charge in [0.2, 0.25) is 0 Å². The highest BCUT2D eigenvalue weighted by Gasteiger charge is 2.22. The molecule has 0 spiro atoms. The molecule has 1 heterocycles. The molecule has 29 heavy (non-hydrogen) atoms. The van der Waals surface area contributed by atoms with E-state index in [1.165, 1.54) is 7.11 Å². The van der Waals surface area contributed by atoms with Gasteiger partial charge in [0.1, 0.15) is 25.9 Å². The van der Waals surface area contributed by atoms with Gasteiger partial charge in [-0.3, -0.25) is 9.79 Å². The van der Waals surface area contributed by atoms with E-state index < -0.39 is 6.10 Å². The van der Waals surface area contributed by atoms with Crippen molar-refractivity contribution in [3.8, 4) is 23.0 Å². The zero-order valence-electron chi connectivity index (χ0n) is 16.4. The Morgan fingerprint density at radius 1 is 1.14 bits per heavy atom. The van der Waals surface area contributed by atoms with Gasteiger partial charge in [0.05, 0.1) is 18.7 Å². The van der Waals surface area contributed by atoms with Crippen molar-refractivity contribution in [2.75, 3.05) is 41.1 Å². The number of Topliss-reactive ketones (excluding diaryl/α,β-unsaturated/α-hetero) is 1. The van der Waals surface area contributed by atoms with Crippen molar-refractivity contribution in [3.05, 3.63) is 45.9 Å². The molecule has 0 radical (unpaired) electrons. The highest BCUT2D eigenvalue weighted by atomic mass is 79.9. The number of ketones is 1. The molecule has 0 fully saturated rings. The predicted molar refractivity (Wildman–Crippen MR) is 112 cm³/mol. The van der Waals surface area contributed by atoms with Gasteiger partial charge in [0.15, 0.2) is 28.8 Å². The van der Waals surface area contributed by atoms with E-state index in [-0.39, 0.29) is 12.3 Å². The third kappa shape index (κ3) is 4.71. The Bertz CT molecular complexity index is 914. The van der Waals surface area contributed by atoms with Crippen molar-refractivity contribution >= 4 is 27.9 Å². The molecular formula is C21H22BrNO6. The van der Waals surface area contributed by atoms with Gasteiger partial charge >= 0.3 is 0 Å². The summed E-state index contributed by atoms with van der Waals surface area (Å²) in [6.07, 6.45) is 0.873. The van der Waals surface area contributed by atoms with Crippen molar-refractivity contribution in [1.82, 2.24) is 0 Å². The molecule has 0 saturated heterocycles. The molecule has 0 aromatic heterocycles. The zero-order chi connectivity index (χ0) is 20.8. The number of carbonyl (C=O) groups is 1. The Kier molecular flexibility index (Phi) is 7.11. The lowest BCUT2D eigenvalue weighted by Gasteiger charge is -2.21. The standard InChI is InChI=1S/C21H22BrNO6/c1-25-17-7-5-14(19(22)21(17)27-3)11-23-12-15(24)20(26-2)13-4-6-16-18(10-13)29-9-8-28-16/h4-7,10-11,20H,8-9,12H2,1-3H3. The van der Waals surface area contributed by atoms with E-state index in [4.69, 9.17) is 23.7 Å². The average molecular weight is 464 g/mol. The van der Waals surface area contributed by atoms with Gasteiger partial charge in [0, 0.05) is 18.9 Å². The summed E-state index contributed by atoms with van der Waals surface area (Å²) in [7, 11) is 4.62. The van der Waals surface area contributed by atoms with E-state index in [0.29, 0.717) is 46.2 Å². The first-order valence-electron chi connectivity index (χ1n) is 8.94. The first-order valence-corrected chi connectivity index (χ1v) is 9.73. The first kappa shape index (κ1) is 21.1. The van der Waals surface area contributed by atoms with Crippen LogP contribution in [0.1, 0.15) is 17.2 Å². The highest BCUT2D eigenvalue weighted by Crippen LogP contribution is 2.37. The Hall–Kier alpha value is -2.58. The summed E-state index contributed by atoms with van der Waals surface area (Å²) in [5.41, 5.74) is 1.47. The third-order valence-electron chi connectivity index (χ3n) is 4.39. The van der Waals surface area contributed by atoms with Gasteiger partial charge in [0.25, 0.3) is 0 Å². The largest absolute Gasteiger partial charge is 0.493 e. The minimum atomic E-state index is -0.739. The molecule has 0 N–H and O–H groups in total. The van der Waals surface area contributed by atoms with Crippen LogP contribution in [0.15, 0.2) is 39.8 Å². The topological polar surface area (TPSA) is 75.6 Å². The predicted octanol–water partition coefficient (Wildman–Crippen LogP) is 3.61. The van der Waals surface area contributed by atoms with Crippen LogP contribution in [0, 0.1) is 0 Å². The summed E-state index contributed by atoms with van der Waals surface area (Å²) in [4.78, 5) is 17.0. The molecule has 0 bridgehead atoms. The Labute approximate surface area is 177 Å². The molecule has 0 amide bonds. The molecule has 8 heteroatoms. The number of hydrogen-bond donors (Lipinski definition) is 0. The number of nitrogens with zero attached hydrogens (tertiary/aromatic N) is 1. The molecule has 1 unspecified atom stereocenters. The highest BCUT2D eigenvalue weighted by molar-refractivity contribution is 9.10. The third-order valence-corrected chi connectivity index (χ3v) is 5.21. The lowest BCUT2D eigenvalue weighted by Crippen LogP contribution is -2.19. The number of carbonyl (C=O) groups excluding carboxylic acids is 1. The second-order valence-electron chi connectivity index (χ2n) is 6.16. The number of fused-ring (bicyclic) bond motifs is 1. The van der Waals surface area contributed by atoms with Crippen molar-refractivity contribution in [1.29, 1.82) is 0 Å². The van der Waals surface area contributed by atoms with Gasteiger partial charge in [-0.1, -0.05) is 6.07 Å². The van der Waals surface area contributed by atoms with Crippen molar-refractivity contribution in [3.63, 3.8) is 0 Å². The van der Waals surface area contributed by atoms with Crippen molar-refractivity contribution < 1.29 is 28.5 Å². The van der Waals surface area contributed by atoms with E-state index in [2.05, 4.69) is 20.9 Å². The lowest BCUT2D eigenvalue weighted by atomic mass is 10.0. The molecule has 1 atom stereocenters. The molecule has 1 aliphatic heterocycles. The van der Waals surface area contributed by atoms with E-state index >= 15 is 0 Å². The Morgan fingerprint density at radius 3 is 2.59 bits per heavy atom. The minimum absolute atomic E-state index is 0.0340. The quantitative estimate of drug-likeness (QED) is 0.556. The van der Waals surface area contributed by atoms with E-state index in [0.717, 1.165) is 5.56 Å². The molecule has 7 nitrogen and oxygen atoms in total. The summed E-state index contributed by atoms with van der Waals surface area (Å²) in [6.45, 7) is 0.958. The minimum Gasteiger partial charge on any atom is -0.493 e. The smallest absolute Gasteiger partial charge is 0.187 e. The fourth-order valence-corrected chi connectivity index (χ4v) is 3.59. The summed E-state index contributed by atoms with van der Waals surface area (Å²) < 4.78 is 27.8. The van der Waals surface area contributed by atoms with Crippen LogP contribution in [0.2, 0.25) is 0 Å². The molecule has 154 valence electrons. The van der Waals surface area contributed by atoms with Crippen LogP contribution in [0.3, 0.4) is 0 Å². The Morgan fingerprint density at radius 2 is 1.90 bits per heavy atom. The van der Waals surface area contributed by atoms with Crippen molar-refractivity contribution in [2.24, 2.45) is 4.99 Å². The van der Waals surface area contributed by atoms with Crippen LogP contribution in [0.5, 0.6) is 23.0 Å². The fraction of sp³-hybridized carbons (Fsp3) is 0.333. The molecule has 2 aromatic carbocycles. The maximum Gasteiger partial charge on any atom is 0.187 e. The number of hydrogen-bond acceptors (Lipinski definition) is 7. The van der Waals surface area contributed by atoms with Gasteiger partial charge in [-0.15, -0.1) is 0 Å². The number of methoxy groups -OCH3 is 3. The molecule has 1 aliphatic rings. The summed E-state index contributed by atoms with van der Waals surface area (Å²) in [5, 5.41) is 0. The molecule has 3 rings (SSSR count). The van der Waals surface area contributed by atoms with Crippen LogP contribution in [0.4, 0.5) is 0 Å². The maximum absolute atomic E-state index is 12.7. The van der Waals surface area contributed by atoms with Crippen LogP contribution in [-0.2, 0) is 9.53 Å². The SMILES string of the molecule is COc1ccc(C=NCC(=O)C(OC)c2ccc3c(c2)OCCO3)c(Br)c1OC. The van der Waals surface area contributed by atoms with Crippen molar-refractivity contribution in [2.45, 2.75) is 6.10 Å². The Balaban J connectivity index is 1.72. The van der Waals surface area contributed by atoms with Crippen LogP contribution in [-0.4, -0.2) is 53.1 Å². The van der Waals surface area contributed by atoms with Crippen LogP contribution >= 0.6 is 15.9 Å². The first-order chi connectivity index (χ1) is 14.1. The second-order valence-corrected chi connectivity index (χ2v) is 6.95. The monoisotopic (exact) mass is 463 g/mol.